The van der Waals surface area contributed by atoms with Gasteiger partial charge in [0.2, 0.25) is 0 Å². The van der Waals surface area contributed by atoms with Gasteiger partial charge >= 0.3 is 0 Å². The van der Waals surface area contributed by atoms with Gasteiger partial charge in [-0.2, -0.15) is 0 Å². The molecule has 0 bridgehead atoms. The normalized spacial score (nSPS) is 11.8. The van der Waals surface area contributed by atoms with E-state index in [2.05, 4.69) is 240 Å². The molecule has 0 aliphatic rings. The Morgan fingerprint density at radius 1 is 0.270 bits per heavy atom. The molecule has 0 aliphatic heterocycles. The highest BCUT2D eigenvalue weighted by Gasteiger charge is 2.23. The fourth-order valence-corrected chi connectivity index (χ4v) is 10.2. The van der Waals surface area contributed by atoms with Crippen molar-refractivity contribution in [3.8, 4) is 55.9 Å². The Bertz CT molecular complexity index is 3890. The Balaban J connectivity index is 1.04. The van der Waals surface area contributed by atoms with E-state index in [1.54, 1.807) is 0 Å². The van der Waals surface area contributed by atoms with Crippen LogP contribution >= 0.6 is 0 Å². The number of hydrogen-bond acceptors (Lipinski definition) is 1. The first-order valence-electron chi connectivity index (χ1n) is 21.6. The molecule has 63 heavy (non-hydrogen) atoms. The Morgan fingerprint density at radius 2 is 0.794 bits per heavy atom. The molecule has 3 heteroatoms. The van der Waals surface area contributed by atoms with Gasteiger partial charge in [-0.15, -0.1) is 0 Å². The van der Waals surface area contributed by atoms with Crippen molar-refractivity contribution >= 4 is 65.6 Å². The lowest BCUT2D eigenvalue weighted by atomic mass is 9.96. The SMILES string of the molecule is c1ccc(-c2ccc(-c3ccc(-n4c5ccccc5c5ccc(-c6cccc7c6c6ccccc6n7-c6ccccc6-c6ccccc6)cc54)c4oc5ccccc5c34)cc2)cc1. The van der Waals surface area contributed by atoms with Crippen LogP contribution < -0.4 is 0 Å². The van der Waals surface area contributed by atoms with Gasteiger partial charge in [0.15, 0.2) is 5.58 Å². The maximum atomic E-state index is 6.94. The summed E-state index contributed by atoms with van der Waals surface area (Å²) in [7, 11) is 0. The molecule has 0 saturated heterocycles. The van der Waals surface area contributed by atoms with Crippen molar-refractivity contribution in [2.24, 2.45) is 0 Å². The number of furan rings is 1. The van der Waals surface area contributed by atoms with E-state index < -0.39 is 0 Å². The highest BCUT2D eigenvalue weighted by molar-refractivity contribution is 6.19. The monoisotopic (exact) mass is 802 g/mol. The predicted octanol–water partition coefficient (Wildman–Crippen LogP) is 16.4. The largest absolute Gasteiger partial charge is 0.454 e. The van der Waals surface area contributed by atoms with Gasteiger partial charge in [-0.3, -0.25) is 0 Å². The molecule has 0 atom stereocenters. The van der Waals surface area contributed by atoms with Gasteiger partial charge in [-0.1, -0.05) is 188 Å². The minimum atomic E-state index is 0.871. The van der Waals surface area contributed by atoms with Crippen molar-refractivity contribution in [3.05, 3.63) is 231 Å². The lowest BCUT2D eigenvalue weighted by molar-refractivity contribution is 0.666. The molecule has 10 aromatic carbocycles. The first-order chi connectivity index (χ1) is 31.3. The van der Waals surface area contributed by atoms with E-state index in [0.29, 0.717) is 0 Å². The van der Waals surface area contributed by atoms with Crippen molar-refractivity contribution in [2.75, 3.05) is 0 Å². The lowest BCUT2D eigenvalue weighted by Gasteiger charge is -2.14. The van der Waals surface area contributed by atoms with Crippen LogP contribution in [0.25, 0.3) is 121 Å². The summed E-state index contributed by atoms with van der Waals surface area (Å²) in [6.45, 7) is 0. The minimum Gasteiger partial charge on any atom is -0.454 e. The molecule has 3 heterocycles. The summed E-state index contributed by atoms with van der Waals surface area (Å²) in [5.41, 5.74) is 18.0. The van der Waals surface area contributed by atoms with E-state index in [9.17, 15) is 0 Å². The van der Waals surface area contributed by atoms with Crippen LogP contribution in [0.3, 0.4) is 0 Å². The fourth-order valence-electron chi connectivity index (χ4n) is 10.2. The zero-order valence-electron chi connectivity index (χ0n) is 34.2. The third kappa shape index (κ3) is 5.46. The Hall–Kier alpha value is -8.40. The second-order valence-electron chi connectivity index (χ2n) is 16.4. The first-order valence-corrected chi connectivity index (χ1v) is 21.6. The standard InChI is InChI=1S/C60H38N2O/c1-3-16-39(17-4-1)40-30-32-42(33-31-40)46-36-37-55(60-59(46)50-23-10-14-29-57(50)63-60)62-52-26-12-8-21-47(52)48-35-34-43(38-56(48)62)45-24-15-28-54-58(45)49-22-9-13-27-53(49)61(54)51-25-11-7-20-44(51)41-18-5-2-6-19-41/h1-38H. The van der Waals surface area contributed by atoms with Crippen LogP contribution in [0.4, 0.5) is 0 Å². The summed E-state index contributed by atoms with van der Waals surface area (Å²) in [5.74, 6) is 0. The van der Waals surface area contributed by atoms with E-state index in [0.717, 1.165) is 61.0 Å². The van der Waals surface area contributed by atoms with Gasteiger partial charge in [0.25, 0.3) is 0 Å². The molecule has 3 nitrogen and oxygen atoms in total. The van der Waals surface area contributed by atoms with E-state index in [1.165, 1.54) is 60.4 Å². The van der Waals surface area contributed by atoms with Crippen LogP contribution in [0.1, 0.15) is 0 Å². The third-order valence-corrected chi connectivity index (χ3v) is 13.0. The Kier molecular flexibility index (Phi) is 7.91. The molecular weight excluding hydrogens is 765 g/mol. The summed E-state index contributed by atoms with van der Waals surface area (Å²) < 4.78 is 11.8. The Morgan fingerprint density at radius 3 is 1.60 bits per heavy atom. The van der Waals surface area contributed by atoms with Crippen LogP contribution in [0, 0.1) is 0 Å². The minimum absolute atomic E-state index is 0.871. The van der Waals surface area contributed by atoms with Gasteiger partial charge in [-0.05, 0) is 81.4 Å². The van der Waals surface area contributed by atoms with Crippen LogP contribution in [0.2, 0.25) is 0 Å². The van der Waals surface area contributed by atoms with Crippen molar-refractivity contribution in [1.82, 2.24) is 9.13 Å². The fraction of sp³-hybridized carbons (Fsp3) is 0. The maximum absolute atomic E-state index is 6.94. The van der Waals surface area contributed by atoms with Crippen LogP contribution in [-0.2, 0) is 0 Å². The van der Waals surface area contributed by atoms with Crippen molar-refractivity contribution in [1.29, 1.82) is 0 Å². The second-order valence-corrected chi connectivity index (χ2v) is 16.4. The number of nitrogens with zero attached hydrogens (tertiary/aromatic N) is 2. The molecule has 3 aromatic heterocycles. The first kappa shape index (κ1) is 35.4. The number of fused-ring (bicyclic) bond motifs is 9. The smallest absolute Gasteiger partial charge is 0.160 e. The number of rotatable bonds is 6. The van der Waals surface area contributed by atoms with Crippen molar-refractivity contribution in [3.63, 3.8) is 0 Å². The molecule has 0 N–H and O–H groups in total. The van der Waals surface area contributed by atoms with Gasteiger partial charge in [0, 0.05) is 37.9 Å². The van der Waals surface area contributed by atoms with E-state index in [4.69, 9.17) is 4.42 Å². The van der Waals surface area contributed by atoms with Crippen molar-refractivity contribution < 1.29 is 4.42 Å². The molecule has 0 aliphatic carbocycles. The average Bonchev–Trinajstić information content (AvgIpc) is 4.02. The summed E-state index contributed by atoms with van der Waals surface area (Å²) in [6.07, 6.45) is 0. The lowest BCUT2D eigenvalue weighted by Crippen LogP contribution is -1.97. The topological polar surface area (TPSA) is 23.0 Å². The van der Waals surface area contributed by atoms with Crippen LogP contribution in [-0.4, -0.2) is 9.13 Å². The number of aromatic nitrogens is 2. The molecular formula is C60H38N2O. The summed E-state index contributed by atoms with van der Waals surface area (Å²) >= 11 is 0. The van der Waals surface area contributed by atoms with E-state index in [-0.39, 0.29) is 0 Å². The maximum Gasteiger partial charge on any atom is 0.160 e. The highest BCUT2D eigenvalue weighted by Crippen LogP contribution is 2.45. The van der Waals surface area contributed by atoms with Crippen molar-refractivity contribution in [2.45, 2.75) is 0 Å². The Labute approximate surface area is 363 Å². The van der Waals surface area contributed by atoms with E-state index >= 15 is 0 Å². The van der Waals surface area contributed by atoms with Crippen LogP contribution in [0.5, 0.6) is 0 Å². The molecule has 13 aromatic rings. The molecule has 0 spiro atoms. The third-order valence-electron chi connectivity index (χ3n) is 13.0. The number of hydrogen-bond donors (Lipinski definition) is 0. The number of benzene rings is 10. The van der Waals surface area contributed by atoms with Gasteiger partial charge in [-0.25, -0.2) is 0 Å². The molecule has 0 fully saturated rings. The molecule has 0 saturated carbocycles. The molecule has 294 valence electrons. The highest BCUT2D eigenvalue weighted by atomic mass is 16.3. The average molecular weight is 803 g/mol. The van der Waals surface area contributed by atoms with E-state index in [1.807, 2.05) is 0 Å². The quantitative estimate of drug-likeness (QED) is 0.164. The predicted molar refractivity (Wildman–Crippen MR) is 264 cm³/mol. The van der Waals surface area contributed by atoms with Gasteiger partial charge in [0.05, 0.1) is 33.4 Å². The zero-order chi connectivity index (χ0) is 41.4. The molecule has 0 amide bonds. The molecule has 13 rings (SSSR count). The van der Waals surface area contributed by atoms with Crippen LogP contribution in [0.15, 0.2) is 235 Å². The summed E-state index contributed by atoms with van der Waals surface area (Å²) in [6, 6.07) is 83.3. The second kappa shape index (κ2) is 14.1. The summed E-state index contributed by atoms with van der Waals surface area (Å²) in [5, 5.41) is 7.09. The van der Waals surface area contributed by atoms with Gasteiger partial charge < -0.3 is 13.6 Å². The van der Waals surface area contributed by atoms with Gasteiger partial charge in [0.1, 0.15) is 5.58 Å². The zero-order valence-corrected chi connectivity index (χ0v) is 34.2. The molecule has 0 radical (unpaired) electrons. The molecule has 0 unspecified atom stereocenters. The summed E-state index contributed by atoms with van der Waals surface area (Å²) in [4.78, 5) is 0. The number of para-hydroxylation sites is 4.